The lowest BCUT2D eigenvalue weighted by Gasteiger charge is -2.46. The Hall–Kier alpha value is -16.0. The van der Waals surface area contributed by atoms with Crippen LogP contribution in [0.25, 0.3) is 22.3 Å². The molecule has 21 aromatic rings. The Morgan fingerprint density at radius 1 is 0.161 bits per heavy atom. The third kappa shape index (κ3) is 13.8. The fraction of sp³-hybridized carbons (Fsp3) is 0.0233. The van der Waals surface area contributed by atoms with E-state index < -0.39 is 32.3 Å². The Kier molecular flexibility index (Phi) is 21.5. The third-order valence-corrected chi connectivity index (χ3v) is 48.9. The Balaban J connectivity index is 0.828. The van der Waals surface area contributed by atoms with Gasteiger partial charge in [-0.3, -0.25) is 0 Å². The first-order chi connectivity index (χ1) is 67.7. The van der Waals surface area contributed by atoms with Gasteiger partial charge in [0.15, 0.2) is 32.3 Å². The highest BCUT2D eigenvalue weighted by atomic mass is 28.3. The van der Waals surface area contributed by atoms with Crippen molar-refractivity contribution in [1.82, 2.24) is 0 Å². The van der Waals surface area contributed by atoms with Gasteiger partial charge in [0, 0.05) is 39.5 Å². The van der Waals surface area contributed by atoms with Crippen LogP contribution in [0, 0.1) is 0 Å². The molecule has 24 rings (SSSR count). The predicted molar refractivity (Wildman–Crippen MR) is 593 cm³/mol. The zero-order chi connectivity index (χ0) is 91.5. The van der Waals surface area contributed by atoms with E-state index in [-0.39, 0.29) is 12.1 Å². The van der Waals surface area contributed by atoms with Crippen molar-refractivity contribution < 1.29 is 0 Å². The zero-order valence-corrected chi connectivity index (χ0v) is 80.5. The first kappa shape index (κ1) is 84.0. The number of nitrogens with zero attached hydrogens (tertiary/aromatic N) is 3. The van der Waals surface area contributed by atoms with Crippen LogP contribution in [-0.2, 0) is 5.41 Å². The summed E-state index contributed by atoms with van der Waals surface area (Å²) in [6, 6.07) is 215. The minimum atomic E-state index is -3.23. The second-order valence-electron chi connectivity index (χ2n) is 37.2. The predicted octanol–water partition coefficient (Wildman–Crippen LogP) is 18.7. The van der Waals surface area contributed by atoms with Crippen LogP contribution in [0.5, 0.6) is 0 Å². The van der Waals surface area contributed by atoms with E-state index in [4.69, 9.17) is 0 Å². The van der Waals surface area contributed by atoms with Crippen LogP contribution in [0.1, 0.15) is 25.0 Å². The first-order valence-corrected chi connectivity index (χ1v) is 55.9. The van der Waals surface area contributed by atoms with Gasteiger partial charge in [0.1, 0.15) is 0 Å². The second-order valence-corrected chi connectivity index (χ2v) is 52.4. The molecule has 137 heavy (non-hydrogen) atoms. The molecule has 648 valence electrons. The summed E-state index contributed by atoms with van der Waals surface area (Å²) >= 11 is 0. The minimum Gasteiger partial charge on any atom is -0.311 e. The SMILES string of the molecule is CC1(C)c2ccccc2N(c2cc3c4c(c2)N(c2cccc([Si](c5ccccc5)(c5ccccc5)c5ccccc5)c2)c2cc(-c5cccc([Si](c6ccccc6)(c6ccccc6)c6ccccc6)c5)ccc2B4c2ccc(-c4cccc([Si](c5ccccc5)(c5ccccc5)c5ccccc5)c4)cc2N3c2cccc([Si](c3ccccc3)(c3ccccc3)c3ccccc3)c2)c2ccccc21. The number of fused-ring (bicyclic) bond motifs is 6. The summed E-state index contributed by atoms with van der Waals surface area (Å²) in [7, 11) is -12.6. The Morgan fingerprint density at radius 3 is 0.635 bits per heavy atom. The van der Waals surface area contributed by atoms with Crippen LogP contribution in [0.4, 0.5) is 51.2 Å². The monoisotopic (exact) mass is 1810 g/mol. The maximum atomic E-state index is 2.72. The lowest BCUT2D eigenvalue weighted by atomic mass is 9.33. The van der Waals surface area contributed by atoms with Gasteiger partial charge in [-0.1, -0.05) is 511 Å². The number of anilines is 9. The summed E-state index contributed by atoms with van der Waals surface area (Å²) in [6.07, 6.45) is 0. The smallest absolute Gasteiger partial charge is 0.252 e. The van der Waals surface area contributed by atoms with Crippen molar-refractivity contribution in [2.45, 2.75) is 19.3 Å². The van der Waals surface area contributed by atoms with Gasteiger partial charge in [0.2, 0.25) is 0 Å². The Bertz CT molecular complexity index is 7140. The molecule has 0 amide bonds. The van der Waals surface area contributed by atoms with E-state index in [1.165, 1.54) is 111 Å². The summed E-state index contributed by atoms with van der Waals surface area (Å²) in [5.41, 5.74) is 20.3. The standard InChI is InChI=1S/C129H98BN3Si4/c1-129(2)118-79-39-41-81-122(118)133(123-82-42-40-80-119(123)129)101-93-126-128-127(94-101)132(100-50-46-78-117(92-100)137(111-69-33-12-34-70-111,112-71-35-13-36-72-112)113-73-37-14-38-74-113)125-90-98(96-48-44-76-115(88-96)135(105-57-21-6-22-58-105,106-59-23-7-24-60-106)107-61-25-8-26-62-107)84-86-121(125)130(128)120-85-83-97(95-47-43-75-114(87-95)134(102-51-15-3-16-52-102,103-53-17-4-18-54-103)104-55-19-5-20-56-104)89-124(120)131(126)99-49-45-77-116(91-99)136(108-63-27-9-28-64-108,109-65-29-10-30-66-109)110-67-31-11-32-68-110/h3-94H,1-2H3. The lowest BCUT2D eigenvalue weighted by Crippen LogP contribution is -2.74. The topological polar surface area (TPSA) is 9.72 Å². The molecular formula is C129H98BN3Si4. The first-order valence-electron chi connectivity index (χ1n) is 47.9. The van der Waals surface area contributed by atoms with Gasteiger partial charge in [-0.05, 0) is 193 Å². The van der Waals surface area contributed by atoms with Crippen molar-refractivity contribution in [2.24, 2.45) is 0 Å². The Labute approximate surface area is 808 Å². The molecule has 8 heteroatoms. The highest BCUT2D eigenvalue weighted by Crippen LogP contribution is 2.55. The van der Waals surface area contributed by atoms with Gasteiger partial charge in [-0.15, -0.1) is 0 Å². The van der Waals surface area contributed by atoms with Gasteiger partial charge in [-0.25, -0.2) is 0 Å². The molecule has 21 aromatic carbocycles. The van der Waals surface area contributed by atoms with Gasteiger partial charge < -0.3 is 14.7 Å². The zero-order valence-electron chi connectivity index (χ0n) is 76.5. The van der Waals surface area contributed by atoms with E-state index in [1.807, 2.05) is 0 Å². The number of rotatable bonds is 21. The molecule has 0 saturated heterocycles. The molecule has 0 fully saturated rings. The molecule has 3 aliphatic heterocycles. The Morgan fingerprint density at radius 2 is 0.372 bits per heavy atom. The van der Waals surface area contributed by atoms with E-state index in [2.05, 4.69) is 587 Å². The average molecular weight is 1810 g/mol. The van der Waals surface area contributed by atoms with Crippen molar-refractivity contribution in [3.63, 3.8) is 0 Å². The van der Waals surface area contributed by atoms with Crippen LogP contribution in [0.3, 0.4) is 0 Å². The van der Waals surface area contributed by atoms with Gasteiger partial charge in [0.05, 0.1) is 17.1 Å². The van der Waals surface area contributed by atoms with Crippen molar-refractivity contribution in [3.8, 4) is 22.3 Å². The van der Waals surface area contributed by atoms with E-state index >= 15 is 0 Å². The number of hydrogen-bond acceptors (Lipinski definition) is 3. The highest BCUT2D eigenvalue weighted by molar-refractivity contribution is 7.22. The molecule has 3 nitrogen and oxygen atoms in total. The fourth-order valence-electron chi connectivity index (χ4n) is 23.8. The molecule has 0 spiro atoms. The number of hydrogen-bond donors (Lipinski definition) is 0. The van der Waals surface area contributed by atoms with Crippen LogP contribution in [-0.4, -0.2) is 39.0 Å². The van der Waals surface area contributed by atoms with E-state index in [9.17, 15) is 0 Å². The molecule has 0 unspecified atom stereocenters. The quantitative estimate of drug-likeness (QED) is 0.0524. The maximum Gasteiger partial charge on any atom is 0.252 e. The van der Waals surface area contributed by atoms with Crippen molar-refractivity contribution in [3.05, 3.63) is 569 Å². The molecule has 0 aromatic heterocycles. The van der Waals surface area contributed by atoms with Crippen molar-refractivity contribution in [1.29, 1.82) is 0 Å². The number of para-hydroxylation sites is 2. The summed E-state index contributed by atoms with van der Waals surface area (Å²) < 4.78 is 0. The fourth-order valence-corrected chi connectivity index (χ4v) is 43.0. The summed E-state index contributed by atoms with van der Waals surface area (Å²) in [5, 5.41) is 21.0. The maximum absolute atomic E-state index is 3.23. The van der Waals surface area contributed by atoms with Crippen LogP contribution >= 0.6 is 0 Å². The molecule has 0 radical (unpaired) electrons. The molecule has 0 aliphatic carbocycles. The van der Waals surface area contributed by atoms with E-state index in [0.29, 0.717) is 0 Å². The normalized spacial score (nSPS) is 13.0. The number of benzene rings is 21. The van der Waals surface area contributed by atoms with Crippen LogP contribution < -0.4 is 114 Å². The minimum absolute atomic E-state index is 0.319. The lowest BCUT2D eigenvalue weighted by molar-refractivity contribution is 0.632. The molecule has 0 N–H and O–H groups in total. The van der Waals surface area contributed by atoms with Crippen molar-refractivity contribution in [2.75, 3.05) is 14.7 Å². The van der Waals surface area contributed by atoms with Gasteiger partial charge in [0.25, 0.3) is 6.71 Å². The van der Waals surface area contributed by atoms with E-state index in [0.717, 1.165) is 73.4 Å². The van der Waals surface area contributed by atoms with Gasteiger partial charge in [-0.2, -0.15) is 0 Å². The van der Waals surface area contributed by atoms with Crippen LogP contribution in [0.2, 0.25) is 0 Å². The molecule has 3 aliphatic rings. The van der Waals surface area contributed by atoms with E-state index in [1.54, 1.807) is 0 Å². The molecular weight excluding hydrogens is 1710 g/mol. The molecule has 0 atom stereocenters. The van der Waals surface area contributed by atoms with Crippen molar-refractivity contribution >= 4 is 190 Å². The largest absolute Gasteiger partial charge is 0.311 e. The summed E-state index contributed by atoms with van der Waals surface area (Å²) in [4.78, 5) is 8.04. The molecule has 3 heterocycles. The molecule has 0 bridgehead atoms. The van der Waals surface area contributed by atoms with Crippen LogP contribution in [0.15, 0.2) is 558 Å². The molecule has 0 saturated carbocycles. The average Bonchev–Trinajstić information content (AvgIpc) is 0.684. The summed E-state index contributed by atoms with van der Waals surface area (Å²) in [6.45, 7) is 4.50. The summed E-state index contributed by atoms with van der Waals surface area (Å²) in [5.74, 6) is 0. The third-order valence-electron chi connectivity index (χ3n) is 29.8. The second kappa shape index (κ2) is 35.1. The highest BCUT2D eigenvalue weighted by Gasteiger charge is 2.50. The van der Waals surface area contributed by atoms with Gasteiger partial charge >= 0.3 is 0 Å².